The number of rotatable bonds is 5. The van der Waals surface area contributed by atoms with E-state index in [9.17, 15) is 13.2 Å². The highest BCUT2D eigenvalue weighted by Gasteiger charge is 2.52. The van der Waals surface area contributed by atoms with Crippen LogP contribution in [0.1, 0.15) is 50.5 Å². The zero-order chi connectivity index (χ0) is 26.7. The van der Waals surface area contributed by atoms with Gasteiger partial charge >= 0.3 is 12.2 Å². The minimum atomic E-state index is -4.63. The lowest BCUT2D eigenvalue weighted by molar-refractivity contribution is -0.137. The van der Waals surface area contributed by atoms with E-state index in [1.54, 1.807) is 6.07 Å². The van der Waals surface area contributed by atoms with Crippen LogP contribution < -0.4 is 15.4 Å². The van der Waals surface area contributed by atoms with Crippen LogP contribution in [0, 0.1) is 0 Å². The van der Waals surface area contributed by atoms with Crippen molar-refractivity contribution in [3.63, 3.8) is 0 Å². The maximum atomic E-state index is 13.8. The number of anilines is 2. The number of nitrogens with two attached hydrogens (primary N) is 1. The molecule has 7 nitrogen and oxygen atoms in total. The van der Waals surface area contributed by atoms with Gasteiger partial charge in [0.25, 0.3) is 0 Å². The number of alkyl halides is 3. The fourth-order valence-electron chi connectivity index (χ4n) is 5.92. The fraction of sp³-hybridized carbons (Fsp3) is 0.519. The largest absolute Gasteiger partial charge is 0.462 e. The van der Waals surface area contributed by atoms with Crippen LogP contribution in [-0.4, -0.2) is 58.2 Å². The number of piperidine rings is 1. The molecule has 6 rings (SSSR count). The van der Waals surface area contributed by atoms with E-state index in [1.165, 1.54) is 25.3 Å². The number of hydrogen-bond donors (Lipinski definition) is 1. The summed E-state index contributed by atoms with van der Waals surface area (Å²) in [5.41, 5.74) is 5.43. The van der Waals surface area contributed by atoms with Crippen molar-refractivity contribution in [1.29, 1.82) is 0 Å². The number of likely N-dealkylation sites (N-methyl/N-ethyl adjacent to an activating group) is 1. The predicted octanol–water partition coefficient (Wildman–Crippen LogP) is 5.94. The number of likely N-dealkylation sites (tertiary alicyclic amines) is 1. The van der Waals surface area contributed by atoms with Gasteiger partial charge < -0.3 is 15.4 Å². The van der Waals surface area contributed by atoms with E-state index in [0.29, 0.717) is 28.9 Å². The molecule has 3 aliphatic rings. The van der Waals surface area contributed by atoms with Crippen LogP contribution >= 0.6 is 11.6 Å². The first kappa shape index (κ1) is 25.4. The lowest BCUT2D eigenvalue weighted by Gasteiger charge is -2.29. The Morgan fingerprint density at radius 1 is 1.08 bits per heavy atom. The van der Waals surface area contributed by atoms with E-state index in [0.717, 1.165) is 50.9 Å². The summed E-state index contributed by atoms with van der Waals surface area (Å²) in [6.07, 6.45) is 3.27. The van der Waals surface area contributed by atoms with Gasteiger partial charge in [0.05, 0.1) is 21.8 Å². The first-order valence-corrected chi connectivity index (χ1v) is 13.5. The standard InChI is InChI=1S/C27H30ClF3N6O/c1-36-16(7-8-26(36)9-10-26)15-38-25-33-21-14-17(23-19(27(29,30)31)5-6-22(32)34-23)20(28)13-18(21)24(35-25)37-11-3-2-4-12-37/h5-6,13-14,16H,2-4,7-12,15H2,1H3,(H2,32,34)/t16-/m0/s1. The summed E-state index contributed by atoms with van der Waals surface area (Å²) >= 11 is 6.60. The highest BCUT2D eigenvalue weighted by Crippen LogP contribution is 2.51. The highest BCUT2D eigenvalue weighted by molar-refractivity contribution is 6.34. The SMILES string of the molecule is CN1[C@H](COc2nc(N3CCCCC3)c3cc(Cl)c(-c4nc(N)ccc4C(F)(F)F)cc3n2)CCC12CC2. The molecule has 3 fully saturated rings. The molecule has 0 radical (unpaired) electrons. The summed E-state index contributed by atoms with van der Waals surface area (Å²) in [5.74, 6) is 0.659. The summed E-state index contributed by atoms with van der Waals surface area (Å²) in [6.45, 7) is 2.11. The van der Waals surface area contributed by atoms with Crippen molar-refractivity contribution < 1.29 is 17.9 Å². The average Bonchev–Trinajstić information content (AvgIpc) is 3.62. The van der Waals surface area contributed by atoms with Crippen LogP contribution in [-0.2, 0) is 6.18 Å². The summed E-state index contributed by atoms with van der Waals surface area (Å²) in [4.78, 5) is 18.0. The minimum Gasteiger partial charge on any atom is -0.462 e. The molecule has 11 heteroatoms. The van der Waals surface area contributed by atoms with Gasteiger partial charge in [-0.05, 0) is 76.3 Å². The molecule has 0 unspecified atom stereocenters. The molecule has 1 saturated carbocycles. The van der Waals surface area contributed by atoms with E-state index in [-0.39, 0.29) is 34.2 Å². The van der Waals surface area contributed by atoms with Crippen molar-refractivity contribution in [2.75, 3.05) is 37.4 Å². The average molecular weight is 547 g/mol. The molecule has 1 aliphatic carbocycles. The van der Waals surface area contributed by atoms with Crippen molar-refractivity contribution in [3.8, 4) is 17.3 Å². The lowest BCUT2D eigenvalue weighted by Crippen LogP contribution is -2.37. The Morgan fingerprint density at radius 3 is 2.53 bits per heavy atom. The summed E-state index contributed by atoms with van der Waals surface area (Å²) in [6, 6.07) is 5.73. The van der Waals surface area contributed by atoms with E-state index in [4.69, 9.17) is 27.1 Å². The van der Waals surface area contributed by atoms with Crippen LogP contribution in [0.4, 0.5) is 24.8 Å². The second-order valence-corrected chi connectivity index (χ2v) is 11.1. The van der Waals surface area contributed by atoms with Crippen LogP contribution in [0.25, 0.3) is 22.2 Å². The molecular weight excluding hydrogens is 517 g/mol. The number of aromatic nitrogens is 3. The number of halogens is 4. The maximum Gasteiger partial charge on any atom is 0.418 e. The number of nitrogens with zero attached hydrogens (tertiary/aromatic N) is 5. The minimum absolute atomic E-state index is 0.0287. The zero-order valence-electron chi connectivity index (χ0n) is 21.2. The number of fused-ring (bicyclic) bond motifs is 1. The van der Waals surface area contributed by atoms with Gasteiger partial charge in [0, 0.05) is 35.6 Å². The van der Waals surface area contributed by atoms with Crippen molar-refractivity contribution in [2.45, 2.75) is 62.7 Å². The number of benzene rings is 1. The molecule has 0 amide bonds. The number of ether oxygens (including phenoxy) is 1. The Labute approximate surface area is 224 Å². The molecular formula is C27H30ClF3N6O. The van der Waals surface area contributed by atoms with E-state index >= 15 is 0 Å². The number of pyridine rings is 1. The quantitative estimate of drug-likeness (QED) is 0.424. The summed E-state index contributed by atoms with van der Waals surface area (Å²) < 4.78 is 47.7. The van der Waals surface area contributed by atoms with Crippen LogP contribution in [0.5, 0.6) is 6.01 Å². The van der Waals surface area contributed by atoms with Crippen molar-refractivity contribution in [3.05, 3.63) is 34.9 Å². The normalized spacial score (nSPS) is 21.4. The Hall–Kier alpha value is -2.85. The predicted molar refractivity (Wildman–Crippen MR) is 142 cm³/mol. The fourth-order valence-corrected chi connectivity index (χ4v) is 6.17. The summed E-state index contributed by atoms with van der Waals surface area (Å²) in [5, 5.41) is 0.791. The molecule has 38 heavy (non-hydrogen) atoms. The first-order chi connectivity index (χ1) is 18.1. The molecule has 2 aromatic heterocycles. The summed E-state index contributed by atoms with van der Waals surface area (Å²) in [7, 11) is 2.15. The van der Waals surface area contributed by atoms with E-state index < -0.39 is 11.7 Å². The molecule has 4 heterocycles. The Kier molecular flexibility index (Phi) is 6.30. The maximum absolute atomic E-state index is 13.8. The highest BCUT2D eigenvalue weighted by atomic mass is 35.5. The van der Waals surface area contributed by atoms with Gasteiger partial charge in [0.1, 0.15) is 18.2 Å². The van der Waals surface area contributed by atoms with Gasteiger partial charge in [-0.3, -0.25) is 4.90 Å². The van der Waals surface area contributed by atoms with Gasteiger partial charge in [0.15, 0.2) is 0 Å². The topological polar surface area (TPSA) is 80.4 Å². The van der Waals surface area contributed by atoms with Crippen molar-refractivity contribution in [1.82, 2.24) is 19.9 Å². The third kappa shape index (κ3) is 4.62. The van der Waals surface area contributed by atoms with Gasteiger partial charge in [-0.15, -0.1) is 0 Å². The monoisotopic (exact) mass is 546 g/mol. The molecule has 1 spiro atoms. The molecule has 2 saturated heterocycles. The smallest absolute Gasteiger partial charge is 0.418 e. The number of hydrogen-bond acceptors (Lipinski definition) is 7. The Bertz CT molecular complexity index is 1370. The molecule has 202 valence electrons. The van der Waals surface area contributed by atoms with E-state index in [1.807, 2.05) is 0 Å². The lowest BCUT2D eigenvalue weighted by atomic mass is 10.0. The van der Waals surface area contributed by atoms with Crippen molar-refractivity contribution in [2.24, 2.45) is 0 Å². The second kappa shape index (κ2) is 9.41. The second-order valence-electron chi connectivity index (χ2n) is 10.7. The van der Waals surface area contributed by atoms with Gasteiger partial charge in [-0.2, -0.15) is 23.1 Å². The van der Waals surface area contributed by atoms with Crippen molar-refractivity contribution >= 4 is 34.1 Å². The van der Waals surface area contributed by atoms with Crippen LogP contribution in [0.2, 0.25) is 5.02 Å². The molecule has 1 atom stereocenters. The Morgan fingerprint density at radius 2 is 1.84 bits per heavy atom. The zero-order valence-corrected chi connectivity index (χ0v) is 21.9. The molecule has 3 aromatic rings. The van der Waals surface area contributed by atoms with Gasteiger partial charge in [0.2, 0.25) is 0 Å². The molecule has 1 aromatic carbocycles. The van der Waals surface area contributed by atoms with Crippen LogP contribution in [0.3, 0.4) is 0 Å². The number of nitrogen functional groups attached to an aromatic ring is 1. The van der Waals surface area contributed by atoms with E-state index in [2.05, 4.69) is 26.8 Å². The molecule has 0 bridgehead atoms. The first-order valence-electron chi connectivity index (χ1n) is 13.1. The Balaban J connectivity index is 1.42. The van der Waals surface area contributed by atoms with Gasteiger partial charge in [-0.1, -0.05) is 11.6 Å². The third-order valence-electron chi connectivity index (χ3n) is 8.35. The third-order valence-corrected chi connectivity index (χ3v) is 8.66. The van der Waals surface area contributed by atoms with Gasteiger partial charge in [-0.25, -0.2) is 4.98 Å². The molecule has 2 N–H and O–H groups in total. The van der Waals surface area contributed by atoms with Crippen LogP contribution in [0.15, 0.2) is 24.3 Å². The molecule has 2 aliphatic heterocycles.